The zero-order valence-electron chi connectivity index (χ0n) is 14.0. The number of hydrogen-bond donors (Lipinski definition) is 1. The van der Waals surface area contributed by atoms with Crippen LogP contribution in [0.3, 0.4) is 0 Å². The third-order valence-corrected chi connectivity index (χ3v) is 3.36. The summed E-state index contributed by atoms with van der Waals surface area (Å²) in [5, 5.41) is 3.10. The van der Waals surface area contributed by atoms with Crippen molar-refractivity contribution in [2.24, 2.45) is 4.99 Å². The molecule has 0 saturated heterocycles. The Hall–Kier alpha value is -1.78. The number of guanidine groups is 1. The maximum absolute atomic E-state index is 13.0. The minimum Gasteiger partial charge on any atom is -0.357 e. The van der Waals surface area contributed by atoms with E-state index in [9.17, 15) is 13.2 Å². The van der Waals surface area contributed by atoms with Crippen molar-refractivity contribution in [3.63, 3.8) is 0 Å². The molecule has 0 fully saturated rings. The lowest BCUT2D eigenvalue weighted by molar-refractivity contribution is 0.0671. The number of halogens is 4. The third-order valence-electron chi connectivity index (χ3n) is 3.36. The number of benzene rings is 1. The van der Waals surface area contributed by atoms with E-state index in [0.717, 1.165) is 10.1 Å². The highest BCUT2D eigenvalue weighted by atomic mass is 127. The van der Waals surface area contributed by atoms with E-state index in [1.165, 1.54) is 24.5 Å². The van der Waals surface area contributed by atoms with Crippen LogP contribution in [0.4, 0.5) is 13.2 Å². The summed E-state index contributed by atoms with van der Waals surface area (Å²) in [6.07, 6.45) is 2.55. The third kappa shape index (κ3) is 6.22. The van der Waals surface area contributed by atoms with Crippen molar-refractivity contribution in [1.82, 2.24) is 19.8 Å². The van der Waals surface area contributed by atoms with Gasteiger partial charge in [-0.05, 0) is 24.6 Å². The van der Waals surface area contributed by atoms with Gasteiger partial charge in [0.25, 0.3) is 0 Å². The molecule has 1 N–H and O–H groups in total. The number of aliphatic imine (C=N–C) groups is 1. The fourth-order valence-corrected chi connectivity index (χ4v) is 2.20. The topological polar surface area (TPSA) is 45.5 Å². The molecule has 25 heavy (non-hydrogen) atoms. The van der Waals surface area contributed by atoms with E-state index in [4.69, 9.17) is 0 Å². The number of nitrogens with zero attached hydrogens (tertiary/aromatic N) is 4. The largest absolute Gasteiger partial charge is 0.357 e. The number of alkyl halides is 2. The molecule has 1 aromatic heterocycles. The summed E-state index contributed by atoms with van der Waals surface area (Å²) in [4.78, 5) is 10.1. The minimum absolute atomic E-state index is 0. The van der Waals surface area contributed by atoms with Gasteiger partial charge in [0.1, 0.15) is 18.2 Å². The van der Waals surface area contributed by atoms with Gasteiger partial charge in [0.15, 0.2) is 5.96 Å². The molecule has 0 atom stereocenters. The van der Waals surface area contributed by atoms with E-state index in [2.05, 4.69) is 15.3 Å². The molecule has 5 nitrogen and oxygen atoms in total. The molecule has 0 unspecified atom stereocenters. The zero-order chi connectivity index (χ0) is 17.5. The van der Waals surface area contributed by atoms with Crippen molar-refractivity contribution in [2.45, 2.75) is 26.6 Å². The predicted octanol–water partition coefficient (Wildman–Crippen LogP) is 3.63. The summed E-state index contributed by atoms with van der Waals surface area (Å²) >= 11 is 0. The molecule has 0 bridgehead atoms. The van der Waals surface area contributed by atoms with E-state index in [1.807, 2.05) is 18.9 Å². The second kappa shape index (κ2) is 10.3. The summed E-state index contributed by atoms with van der Waals surface area (Å²) in [7, 11) is 1.82. The van der Waals surface area contributed by atoms with Crippen LogP contribution in [0.2, 0.25) is 0 Å². The summed E-state index contributed by atoms with van der Waals surface area (Å²) in [5.74, 6) is 0.460. The number of aromatic nitrogens is 2. The molecular weight excluding hydrogens is 446 g/mol. The molecule has 1 heterocycles. The van der Waals surface area contributed by atoms with Crippen LogP contribution in [0.1, 0.15) is 24.9 Å². The lowest BCUT2D eigenvalue weighted by Crippen LogP contribution is -2.38. The van der Waals surface area contributed by atoms with Crippen LogP contribution in [0.5, 0.6) is 0 Å². The van der Waals surface area contributed by atoms with E-state index in [1.54, 1.807) is 12.1 Å². The lowest BCUT2D eigenvalue weighted by atomic mass is 10.2. The van der Waals surface area contributed by atoms with Crippen LogP contribution in [-0.2, 0) is 13.1 Å². The van der Waals surface area contributed by atoms with Gasteiger partial charge in [-0.25, -0.2) is 14.4 Å². The Morgan fingerprint density at radius 2 is 2.00 bits per heavy atom. The first kappa shape index (κ1) is 21.3. The molecular formula is C16H21F3IN5. The van der Waals surface area contributed by atoms with Crippen molar-refractivity contribution >= 4 is 29.9 Å². The quantitative estimate of drug-likeness (QED) is 0.401. The van der Waals surface area contributed by atoms with Gasteiger partial charge in [-0.15, -0.1) is 24.0 Å². The molecule has 0 spiro atoms. The van der Waals surface area contributed by atoms with Crippen molar-refractivity contribution in [2.75, 3.05) is 13.6 Å². The predicted molar refractivity (Wildman–Crippen MR) is 102 cm³/mol. The Morgan fingerprint density at radius 3 is 2.60 bits per heavy atom. The number of rotatable bonds is 6. The van der Waals surface area contributed by atoms with Crippen LogP contribution < -0.4 is 5.32 Å². The molecule has 0 radical (unpaired) electrons. The maximum atomic E-state index is 13.0. The van der Waals surface area contributed by atoms with Gasteiger partial charge < -0.3 is 10.2 Å². The van der Waals surface area contributed by atoms with Crippen LogP contribution in [0.25, 0.3) is 0 Å². The maximum Gasteiger partial charge on any atom is 0.319 e. The first-order valence-corrected chi connectivity index (χ1v) is 7.55. The Bertz CT molecular complexity index is 673. The Labute approximate surface area is 162 Å². The first-order valence-electron chi connectivity index (χ1n) is 7.55. The van der Waals surface area contributed by atoms with E-state index in [0.29, 0.717) is 19.0 Å². The van der Waals surface area contributed by atoms with Gasteiger partial charge in [0.2, 0.25) is 0 Å². The van der Waals surface area contributed by atoms with Gasteiger partial charge in [-0.2, -0.15) is 8.78 Å². The average molecular weight is 467 g/mol. The van der Waals surface area contributed by atoms with Gasteiger partial charge in [0.05, 0.1) is 0 Å². The van der Waals surface area contributed by atoms with Crippen LogP contribution >= 0.6 is 24.0 Å². The monoisotopic (exact) mass is 467 g/mol. The summed E-state index contributed by atoms with van der Waals surface area (Å²) in [5.41, 5.74) is 0.915. The van der Waals surface area contributed by atoms with E-state index >= 15 is 0 Å². The van der Waals surface area contributed by atoms with Gasteiger partial charge in [0, 0.05) is 32.5 Å². The Kier molecular flexibility index (Phi) is 8.73. The molecule has 138 valence electrons. The SMILES string of the molecule is CCNC(=NCc1nccn1C(F)F)N(C)Cc1ccc(F)cc1.I. The highest BCUT2D eigenvalue weighted by molar-refractivity contribution is 14.0. The molecule has 1 aromatic carbocycles. The van der Waals surface area contributed by atoms with E-state index < -0.39 is 6.55 Å². The summed E-state index contributed by atoms with van der Waals surface area (Å²) < 4.78 is 39.4. The van der Waals surface area contributed by atoms with Gasteiger partial charge in [-0.3, -0.25) is 4.57 Å². The Morgan fingerprint density at radius 1 is 1.32 bits per heavy atom. The molecule has 0 aliphatic heterocycles. The molecule has 0 aliphatic carbocycles. The summed E-state index contributed by atoms with van der Waals surface area (Å²) in [6.45, 7) is 0.456. The highest BCUT2D eigenvalue weighted by Gasteiger charge is 2.12. The second-order valence-electron chi connectivity index (χ2n) is 5.18. The molecule has 2 aromatic rings. The molecule has 0 saturated carbocycles. The minimum atomic E-state index is -2.64. The van der Waals surface area contributed by atoms with Crippen LogP contribution in [0, 0.1) is 5.82 Å². The normalized spacial score (nSPS) is 11.4. The van der Waals surface area contributed by atoms with Crippen molar-refractivity contribution in [3.05, 3.63) is 53.9 Å². The average Bonchev–Trinajstić information content (AvgIpc) is 3.02. The Balaban J connectivity index is 0.00000312. The van der Waals surface area contributed by atoms with E-state index in [-0.39, 0.29) is 42.2 Å². The first-order chi connectivity index (χ1) is 11.5. The van der Waals surface area contributed by atoms with Crippen LogP contribution in [-0.4, -0.2) is 34.0 Å². The zero-order valence-corrected chi connectivity index (χ0v) is 16.3. The molecule has 0 amide bonds. The van der Waals surface area contributed by atoms with Gasteiger partial charge in [-0.1, -0.05) is 12.1 Å². The molecule has 2 rings (SSSR count). The van der Waals surface area contributed by atoms with Crippen molar-refractivity contribution in [1.29, 1.82) is 0 Å². The van der Waals surface area contributed by atoms with Crippen molar-refractivity contribution < 1.29 is 13.2 Å². The molecule has 9 heteroatoms. The van der Waals surface area contributed by atoms with Crippen molar-refractivity contribution in [3.8, 4) is 0 Å². The number of hydrogen-bond acceptors (Lipinski definition) is 2. The molecule has 0 aliphatic rings. The van der Waals surface area contributed by atoms with Gasteiger partial charge >= 0.3 is 6.55 Å². The lowest BCUT2D eigenvalue weighted by Gasteiger charge is -2.22. The smallest absolute Gasteiger partial charge is 0.319 e. The fourth-order valence-electron chi connectivity index (χ4n) is 2.20. The fraction of sp³-hybridized carbons (Fsp3) is 0.375. The summed E-state index contributed by atoms with van der Waals surface area (Å²) in [6, 6.07) is 6.18. The number of imidazole rings is 1. The standard InChI is InChI=1S/C16H20F3N5.HI/c1-3-20-16(22-10-14-21-8-9-24(14)15(18)19)23(2)11-12-4-6-13(17)7-5-12;/h4-9,15H,3,10-11H2,1-2H3,(H,20,22);1H. The highest BCUT2D eigenvalue weighted by Crippen LogP contribution is 2.13. The van der Waals surface area contributed by atoms with Crippen LogP contribution in [0.15, 0.2) is 41.7 Å². The number of nitrogens with one attached hydrogen (secondary N) is 1. The second-order valence-corrected chi connectivity index (χ2v) is 5.18.